The SMILES string of the molecule is CC(C)c1cccc2c1C1(CCC2)CC2C=CC1C2. The molecular weight excluding hydrogens is 228 g/mol. The van der Waals surface area contributed by atoms with Crippen LogP contribution in [0.4, 0.5) is 0 Å². The maximum absolute atomic E-state index is 2.54. The highest BCUT2D eigenvalue weighted by atomic mass is 14.5. The molecule has 3 aliphatic carbocycles. The van der Waals surface area contributed by atoms with Gasteiger partial charge in [-0.3, -0.25) is 0 Å². The molecule has 0 amide bonds. The van der Waals surface area contributed by atoms with Crippen molar-refractivity contribution in [1.29, 1.82) is 0 Å². The molecule has 3 atom stereocenters. The quantitative estimate of drug-likeness (QED) is 0.618. The van der Waals surface area contributed by atoms with Crippen LogP contribution in [0.15, 0.2) is 30.4 Å². The van der Waals surface area contributed by atoms with Gasteiger partial charge in [0.25, 0.3) is 0 Å². The van der Waals surface area contributed by atoms with Gasteiger partial charge in [-0.25, -0.2) is 0 Å². The van der Waals surface area contributed by atoms with Gasteiger partial charge in [0, 0.05) is 5.41 Å². The highest BCUT2D eigenvalue weighted by molar-refractivity contribution is 5.48. The number of rotatable bonds is 1. The smallest absolute Gasteiger partial charge is 0.00272 e. The maximum Gasteiger partial charge on any atom is 0.00272 e. The summed E-state index contributed by atoms with van der Waals surface area (Å²) in [5.41, 5.74) is 5.58. The molecule has 1 fully saturated rings. The second kappa shape index (κ2) is 3.98. The van der Waals surface area contributed by atoms with E-state index in [2.05, 4.69) is 44.2 Å². The molecule has 0 saturated heterocycles. The lowest BCUT2D eigenvalue weighted by Crippen LogP contribution is -2.36. The predicted molar refractivity (Wildman–Crippen MR) is 80.5 cm³/mol. The van der Waals surface area contributed by atoms with Gasteiger partial charge in [0.1, 0.15) is 0 Å². The maximum atomic E-state index is 2.54. The summed E-state index contributed by atoms with van der Waals surface area (Å²) in [6, 6.07) is 7.08. The molecule has 19 heavy (non-hydrogen) atoms. The van der Waals surface area contributed by atoms with Crippen molar-refractivity contribution in [3.8, 4) is 0 Å². The zero-order chi connectivity index (χ0) is 13.0. The second-order valence-electron chi connectivity index (χ2n) is 7.24. The number of hydrogen-bond acceptors (Lipinski definition) is 0. The van der Waals surface area contributed by atoms with Gasteiger partial charge in [-0.1, -0.05) is 44.2 Å². The summed E-state index contributed by atoms with van der Waals surface area (Å²) in [5.74, 6) is 2.36. The molecule has 1 saturated carbocycles. The first kappa shape index (κ1) is 11.8. The Balaban J connectivity index is 1.93. The van der Waals surface area contributed by atoms with E-state index in [-0.39, 0.29) is 0 Å². The Hall–Kier alpha value is -1.04. The third kappa shape index (κ3) is 1.52. The number of hydrogen-bond donors (Lipinski definition) is 0. The Kier molecular flexibility index (Phi) is 2.46. The Bertz CT molecular complexity index is 537. The van der Waals surface area contributed by atoms with Gasteiger partial charge >= 0.3 is 0 Å². The van der Waals surface area contributed by atoms with Gasteiger partial charge in [-0.05, 0) is 66.5 Å². The van der Waals surface area contributed by atoms with Crippen LogP contribution in [-0.2, 0) is 11.8 Å². The van der Waals surface area contributed by atoms with Crippen molar-refractivity contribution >= 4 is 0 Å². The van der Waals surface area contributed by atoms with E-state index in [0.29, 0.717) is 11.3 Å². The first-order valence-electron chi connectivity index (χ1n) is 8.01. The van der Waals surface area contributed by atoms with E-state index in [1.165, 1.54) is 32.1 Å². The Morgan fingerprint density at radius 2 is 2.11 bits per heavy atom. The van der Waals surface area contributed by atoms with Gasteiger partial charge in [-0.2, -0.15) is 0 Å². The van der Waals surface area contributed by atoms with Crippen molar-refractivity contribution in [2.45, 2.75) is 57.3 Å². The van der Waals surface area contributed by atoms with Crippen molar-refractivity contribution in [3.05, 3.63) is 47.0 Å². The highest BCUT2D eigenvalue weighted by Gasteiger charge is 2.51. The van der Waals surface area contributed by atoms with E-state index in [0.717, 1.165) is 11.8 Å². The summed E-state index contributed by atoms with van der Waals surface area (Å²) in [6.07, 6.45) is 12.0. The van der Waals surface area contributed by atoms with Crippen LogP contribution >= 0.6 is 0 Å². The van der Waals surface area contributed by atoms with Crippen molar-refractivity contribution in [1.82, 2.24) is 0 Å². The minimum absolute atomic E-state index is 0.508. The van der Waals surface area contributed by atoms with E-state index >= 15 is 0 Å². The lowest BCUT2D eigenvalue weighted by Gasteiger charge is -2.43. The fraction of sp³-hybridized carbons (Fsp3) is 0.579. The largest absolute Gasteiger partial charge is 0.0851 e. The number of fused-ring (bicyclic) bond motifs is 5. The summed E-state index contributed by atoms with van der Waals surface area (Å²) in [5, 5.41) is 0. The van der Waals surface area contributed by atoms with E-state index in [9.17, 15) is 0 Å². The standard InChI is InChI=1S/C19H24/c1-13(2)17-7-3-5-15-6-4-10-19(18(15)17)12-14-8-9-16(19)11-14/h3,5,7-9,13-14,16H,4,6,10-12H2,1-2H3. The van der Waals surface area contributed by atoms with Crippen molar-refractivity contribution in [2.75, 3.05) is 0 Å². The molecule has 1 aromatic rings. The van der Waals surface area contributed by atoms with Crippen molar-refractivity contribution < 1.29 is 0 Å². The van der Waals surface area contributed by atoms with Crippen LogP contribution < -0.4 is 0 Å². The molecular formula is C19H24. The van der Waals surface area contributed by atoms with Gasteiger partial charge in [0.15, 0.2) is 0 Å². The molecule has 0 aromatic heterocycles. The number of aryl methyl sites for hydroxylation is 1. The molecule has 1 aromatic carbocycles. The normalized spacial score (nSPS) is 35.3. The minimum atomic E-state index is 0.508. The monoisotopic (exact) mass is 252 g/mol. The zero-order valence-electron chi connectivity index (χ0n) is 12.2. The number of benzene rings is 1. The topological polar surface area (TPSA) is 0 Å². The molecule has 0 heteroatoms. The van der Waals surface area contributed by atoms with Crippen LogP contribution in [0.3, 0.4) is 0 Å². The fourth-order valence-electron chi connectivity index (χ4n) is 5.17. The Morgan fingerprint density at radius 3 is 2.79 bits per heavy atom. The second-order valence-corrected chi connectivity index (χ2v) is 7.24. The molecule has 4 rings (SSSR count). The minimum Gasteiger partial charge on any atom is -0.0851 e. The first-order valence-corrected chi connectivity index (χ1v) is 8.01. The van der Waals surface area contributed by atoms with Gasteiger partial charge in [-0.15, -0.1) is 0 Å². The molecule has 0 heterocycles. The first-order chi connectivity index (χ1) is 9.21. The van der Waals surface area contributed by atoms with E-state index < -0.39 is 0 Å². The summed E-state index contributed by atoms with van der Waals surface area (Å²) >= 11 is 0. The van der Waals surface area contributed by atoms with Crippen LogP contribution in [0.1, 0.15) is 62.1 Å². The van der Waals surface area contributed by atoms with Crippen molar-refractivity contribution in [3.63, 3.8) is 0 Å². The molecule has 0 nitrogen and oxygen atoms in total. The summed E-state index contributed by atoms with van der Waals surface area (Å²) in [7, 11) is 0. The lowest BCUT2D eigenvalue weighted by atomic mass is 9.61. The molecule has 3 aliphatic rings. The molecule has 0 N–H and O–H groups in total. The molecule has 3 unspecified atom stereocenters. The van der Waals surface area contributed by atoms with E-state index in [1.54, 1.807) is 16.7 Å². The molecule has 0 aliphatic heterocycles. The predicted octanol–water partition coefficient (Wildman–Crippen LogP) is 4.98. The van der Waals surface area contributed by atoms with Crippen LogP contribution in [0.5, 0.6) is 0 Å². The molecule has 1 spiro atoms. The summed E-state index contributed by atoms with van der Waals surface area (Å²) < 4.78 is 0. The van der Waals surface area contributed by atoms with Gasteiger partial charge in [0.2, 0.25) is 0 Å². The molecule has 0 radical (unpaired) electrons. The van der Waals surface area contributed by atoms with Crippen LogP contribution in [0, 0.1) is 11.8 Å². The molecule has 100 valence electrons. The van der Waals surface area contributed by atoms with Gasteiger partial charge in [0.05, 0.1) is 0 Å². The average Bonchev–Trinajstić information content (AvgIpc) is 2.99. The Morgan fingerprint density at radius 1 is 1.21 bits per heavy atom. The number of allylic oxidation sites excluding steroid dienone is 2. The summed E-state index contributed by atoms with van der Waals surface area (Å²) in [6.45, 7) is 4.72. The highest BCUT2D eigenvalue weighted by Crippen LogP contribution is 2.59. The zero-order valence-corrected chi connectivity index (χ0v) is 12.2. The third-order valence-corrected chi connectivity index (χ3v) is 5.88. The van der Waals surface area contributed by atoms with Crippen molar-refractivity contribution in [2.24, 2.45) is 11.8 Å². The van der Waals surface area contributed by atoms with E-state index in [4.69, 9.17) is 0 Å². The Labute approximate surface area is 116 Å². The molecule has 2 bridgehead atoms. The summed E-state index contributed by atoms with van der Waals surface area (Å²) in [4.78, 5) is 0. The third-order valence-electron chi connectivity index (χ3n) is 5.88. The fourth-order valence-corrected chi connectivity index (χ4v) is 5.17. The lowest BCUT2D eigenvalue weighted by molar-refractivity contribution is 0.300. The average molecular weight is 252 g/mol. The van der Waals surface area contributed by atoms with Gasteiger partial charge < -0.3 is 0 Å². The van der Waals surface area contributed by atoms with E-state index in [1.807, 2.05) is 0 Å². The van der Waals surface area contributed by atoms with Crippen LogP contribution in [0.25, 0.3) is 0 Å². The van der Waals surface area contributed by atoms with Crippen LogP contribution in [-0.4, -0.2) is 0 Å². The van der Waals surface area contributed by atoms with Crippen LogP contribution in [0.2, 0.25) is 0 Å².